The number of hydrogen-bond donors (Lipinski definition) is 1. The molecule has 2 aromatic rings. The Hall–Kier alpha value is -1.29. The first-order valence-electron chi connectivity index (χ1n) is 3.60. The normalized spacial score (nSPS) is 10.4. The molecule has 0 unspecified atom stereocenters. The number of nitrogen functional groups attached to an aromatic ring is 1. The molecule has 0 aliphatic carbocycles. The summed E-state index contributed by atoms with van der Waals surface area (Å²) in [5.41, 5.74) is 6.67. The van der Waals surface area contributed by atoms with E-state index < -0.39 is 0 Å². The Balaban J connectivity index is 2.55. The van der Waals surface area contributed by atoms with E-state index in [1.54, 1.807) is 17.5 Å². The lowest BCUT2D eigenvalue weighted by atomic mass is 10.4. The molecule has 0 atom stereocenters. The first kappa shape index (κ1) is 7.36. The molecule has 0 bridgehead atoms. The van der Waals surface area contributed by atoms with Crippen molar-refractivity contribution in [2.75, 3.05) is 5.73 Å². The lowest BCUT2D eigenvalue weighted by Crippen LogP contribution is -1.97. The van der Waals surface area contributed by atoms with Gasteiger partial charge in [0.05, 0.1) is 16.8 Å². The number of aromatic nitrogens is 2. The summed E-state index contributed by atoms with van der Waals surface area (Å²) in [7, 11) is 1.91. The molecule has 0 saturated carbocycles. The quantitative estimate of drug-likeness (QED) is 0.724. The molecule has 0 aromatic carbocycles. The number of anilines is 1. The first-order chi connectivity index (χ1) is 5.79. The fourth-order valence-electron chi connectivity index (χ4n) is 1.08. The molecule has 0 spiro atoms. The Morgan fingerprint density at radius 1 is 1.58 bits per heavy atom. The van der Waals surface area contributed by atoms with Gasteiger partial charge in [-0.1, -0.05) is 6.07 Å². The average molecular weight is 179 g/mol. The van der Waals surface area contributed by atoms with Crippen LogP contribution in [0.1, 0.15) is 0 Å². The van der Waals surface area contributed by atoms with Crippen molar-refractivity contribution in [3.8, 4) is 10.6 Å². The van der Waals surface area contributed by atoms with Crippen molar-refractivity contribution in [3.05, 3.63) is 23.7 Å². The molecule has 0 aliphatic heterocycles. The van der Waals surface area contributed by atoms with Crippen molar-refractivity contribution >= 4 is 17.3 Å². The minimum absolute atomic E-state index is 0.554. The van der Waals surface area contributed by atoms with Crippen LogP contribution < -0.4 is 5.73 Å². The Morgan fingerprint density at radius 3 is 2.92 bits per heavy atom. The van der Waals surface area contributed by atoms with Crippen LogP contribution >= 0.6 is 11.3 Å². The zero-order valence-corrected chi connectivity index (χ0v) is 7.51. The maximum atomic E-state index is 5.60. The van der Waals surface area contributed by atoms with Crippen molar-refractivity contribution in [3.63, 3.8) is 0 Å². The van der Waals surface area contributed by atoms with E-state index in [1.165, 1.54) is 4.88 Å². The maximum absolute atomic E-state index is 5.60. The molecule has 2 N–H and O–H groups in total. The summed E-state index contributed by atoms with van der Waals surface area (Å²) in [6, 6.07) is 4.07. The lowest BCUT2D eigenvalue weighted by Gasteiger charge is -1.98. The van der Waals surface area contributed by atoms with Crippen molar-refractivity contribution in [1.82, 2.24) is 9.55 Å². The van der Waals surface area contributed by atoms with Gasteiger partial charge in [0.2, 0.25) is 0 Å². The van der Waals surface area contributed by atoms with Crippen molar-refractivity contribution in [2.45, 2.75) is 0 Å². The third-order valence-corrected chi connectivity index (χ3v) is 2.69. The van der Waals surface area contributed by atoms with E-state index in [4.69, 9.17) is 5.73 Å². The number of imidazole rings is 1. The fourth-order valence-corrected chi connectivity index (χ4v) is 1.85. The SMILES string of the molecule is Cn1c(-c2cccs2)cnc1N. The van der Waals surface area contributed by atoms with Crippen LogP contribution in [0.15, 0.2) is 23.7 Å². The van der Waals surface area contributed by atoms with Crippen LogP contribution in [-0.2, 0) is 7.05 Å². The van der Waals surface area contributed by atoms with Gasteiger partial charge in [-0.2, -0.15) is 0 Å². The third kappa shape index (κ3) is 1.00. The van der Waals surface area contributed by atoms with E-state index in [1.807, 2.05) is 23.1 Å². The highest BCUT2D eigenvalue weighted by molar-refractivity contribution is 7.13. The van der Waals surface area contributed by atoms with Gasteiger partial charge in [0.1, 0.15) is 0 Å². The summed E-state index contributed by atoms with van der Waals surface area (Å²) < 4.78 is 1.88. The van der Waals surface area contributed by atoms with E-state index in [0.717, 1.165) is 5.69 Å². The maximum Gasteiger partial charge on any atom is 0.200 e. The first-order valence-corrected chi connectivity index (χ1v) is 4.48. The number of nitrogens with two attached hydrogens (primary N) is 1. The minimum Gasteiger partial charge on any atom is -0.369 e. The van der Waals surface area contributed by atoms with Crippen molar-refractivity contribution < 1.29 is 0 Å². The highest BCUT2D eigenvalue weighted by atomic mass is 32.1. The number of hydrogen-bond acceptors (Lipinski definition) is 3. The summed E-state index contributed by atoms with van der Waals surface area (Å²) in [5, 5.41) is 2.04. The molecule has 12 heavy (non-hydrogen) atoms. The second-order valence-electron chi connectivity index (χ2n) is 2.54. The molecule has 62 valence electrons. The molecular weight excluding hydrogens is 170 g/mol. The molecule has 0 saturated heterocycles. The zero-order chi connectivity index (χ0) is 8.55. The summed E-state index contributed by atoms with van der Waals surface area (Å²) in [6.45, 7) is 0. The standard InChI is InChI=1S/C8H9N3S/c1-11-6(5-10-8(11)9)7-3-2-4-12-7/h2-5H,1H3,(H2,9,10). The topological polar surface area (TPSA) is 43.8 Å². The summed E-state index contributed by atoms with van der Waals surface area (Å²) >= 11 is 1.69. The zero-order valence-electron chi connectivity index (χ0n) is 6.69. The summed E-state index contributed by atoms with van der Waals surface area (Å²) in [6.07, 6.45) is 1.79. The van der Waals surface area contributed by atoms with E-state index in [9.17, 15) is 0 Å². The highest BCUT2D eigenvalue weighted by Gasteiger charge is 2.05. The van der Waals surface area contributed by atoms with Gasteiger partial charge in [0.25, 0.3) is 0 Å². The van der Waals surface area contributed by atoms with Crippen LogP contribution in [-0.4, -0.2) is 9.55 Å². The van der Waals surface area contributed by atoms with E-state index in [-0.39, 0.29) is 0 Å². The van der Waals surface area contributed by atoms with Crippen LogP contribution in [0.3, 0.4) is 0 Å². The molecule has 4 heteroatoms. The van der Waals surface area contributed by atoms with Crippen LogP contribution in [0.25, 0.3) is 10.6 Å². The van der Waals surface area contributed by atoms with Crippen LogP contribution in [0.5, 0.6) is 0 Å². The minimum atomic E-state index is 0.554. The molecule has 2 heterocycles. The number of rotatable bonds is 1. The van der Waals surface area contributed by atoms with Gasteiger partial charge >= 0.3 is 0 Å². The van der Waals surface area contributed by atoms with Crippen molar-refractivity contribution in [2.24, 2.45) is 7.05 Å². The van der Waals surface area contributed by atoms with Gasteiger partial charge in [0, 0.05) is 7.05 Å². The molecule has 0 amide bonds. The molecule has 2 aromatic heterocycles. The Bertz CT molecular complexity index is 375. The molecule has 3 nitrogen and oxygen atoms in total. The van der Waals surface area contributed by atoms with Gasteiger partial charge in [-0.05, 0) is 11.4 Å². The third-order valence-electron chi connectivity index (χ3n) is 1.80. The molecule has 0 aliphatic rings. The van der Waals surface area contributed by atoms with Gasteiger partial charge in [-0.15, -0.1) is 11.3 Å². The summed E-state index contributed by atoms with van der Waals surface area (Å²) in [4.78, 5) is 5.22. The molecule has 2 rings (SSSR count). The van der Waals surface area contributed by atoms with Gasteiger partial charge in [-0.3, -0.25) is 0 Å². The Kier molecular flexibility index (Phi) is 1.62. The molecule has 0 radical (unpaired) electrons. The van der Waals surface area contributed by atoms with Crippen LogP contribution in [0.4, 0.5) is 5.95 Å². The molecule has 0 fully saturated rings. The van der Waals surface area contributed by atoms with Crippen molar-refractivity contribution in [1.29, 1.82) is 0 Å². The second-order valence-corrected chi connectivity index (χ2v) is 3.49. The Labute approximate surface area is 74.5 Å². The predicted octanol–water partition coefficient (Wildman–Crippen LogP) is 1.73. The second kappa shape index (κ2) is 2.64. The van der Waals surface area contributed by atoms with E-state index in [0.29, 0.717) is 5.95 Å². The van der Waals surface area contributed by atoms with E-state index in [2.05, 4.69) is 11.1 Å². The largest absolute Gasteiger partial charge is 0.369 e. The highest BCUT2D eigenvalue weighted by Crippen LogP contribution is 2.24. The van der Waals surface area contributed by atoms with Gasteiger partial charge < -0.3 is 10.3 Å². The monoisotopic (exact) mass is 179 g/mol. The predicted molar refractivity (Wildman–Crippen MR) is 50.9 cm³/mol. The smallest absolute Gasteiger partial charge is 0.200 e. The average Bonchev–Trinajstić information content (AvgIpc) is 2.64. The molecular formula is C8H9N3S. The summed E-state index contributed by atoms with van der Waals surface area (Å²) in [5.74, 6) is 0.554. The number of nitrogens with zero attached hydrogens (tertiary/aromatic N) is 2. The van der Waals surface area contributed by atoms with Crippen LogP contribution in [0.2, 0.25) is 0 Å². The van der Waals surface area contributed by atoms with E-state index >= 15 is 0 Å². The van der Waals surface area contributed by atoms with Crippen LogP contribution in [0, 0.1) is 0 Å². The van der Waals surface area contributed by atoms with Gasteiger partial charge in [0.15, 0.2) is 5.95 Å². The number of thiophene rings is 1. The Morgan fingerprint density at radius 2 is 2.42 bits per heavy atom. The lowest BCUT2D eigenvalue weighted by molar-refractivity contribution is 0.940. The van der Waals surface area contributed by atoms with Gasteiger partial charge in [-0.25, -0.2) is 4.98 Å². The fraction of sp³-hybridized carbons (Fsp3) is 0.125.